The summed E-state index contributed by atoms with van der Waals surface area (Å²) in [5, 5.41) is -0.187. The number of nitrogen functional groups attached to an aromatic ring is 1. The molecule has 0 aliphatic carbocycles. The lowest BCUT2D eigenvalue weighted by Crippen LogP contribution is -2.12. The van der Waals surface area contributed by atoms with Gasteiger partial charge in [-0.25, -0.2) is 4.98 Å². The second-order valence-electron chi connectivity index (χ2n) is 6.62. The van der Waals surface area contributed by atoms with Gasteiger partial charge in [-0.1, -0.05) is 18.2 Å². The Bertz CT molecular complexity index is 1220. The van der Waals surface area contributed by atoms with Crippen LogP contribution in [0.3, 0.4) is 0 Å². The molecule has 150 valence electrons. The highest BCUT2D eigenvalue weighted by Crippen LogP contribution is 2.44. The number of ether oxygens (including phenoxy) is 1. The predicted octanol–water partition coefficient (Wildman–Crippen LogP) is 3.00. The lowest BCUT2D eigenvalue weighted by molar-refractivity contribution is 0.387. The third-order valence-corrected chi connectivity index (χ3v) is 5.85. The topological polar surface area (TPSA) is 135 Å². The van der Waals surface area contributed by atoms with Crippen LogP contribution in [0.4, 0.5) is 5.88 Å². The van der Waals surface area contributed by atoms with Crippen LogP contribution in [0, 0.1) is 0 Å². The van der Waals surface area contributed by atoms with Crippen molar-refractivity contribution in [3.05, 3.63) is 59.9 Å². The largest absolute Gasteiger partial charge is 0.497 e. The van der Waals surface area contributed by atoms with Gasteiger partial charge in [-0.05, 0) is 42.7 Å². The Morgan fingerprint density at radius 3 is 2.76 bits per heavy atom. The number of imidazole rings is 1. The smallest absolute Gasteiger partial charge is 0.360 e. The van der Waals surface area contributed by atoms with Gasteiger partial charge in [-0.2, -0.15) is 0 Å². The summed E-state index contributed by atoms with van der Waals surface area (Å²) < 4.78 is 23.3. The molecule has 0 radical (unpaired) electrons. The number of hydrogen-bond acceptors (Lipinski definition) is 5. The van der Waals surface area contributed by atoms with Gasteiger partial charge >= 0.3 is 7.60 Å². The third-order valence-electron chi connectivity index (χ3n) is 4.79. The number of nitrogens with two attached hydrogens (primary N) is 1. The van der Waals surface area contributed by atoms with Gasteiger partial charge in [-0.15, -0.1) is 0 Å². The van der Waals surface area contributed by atoms with E-state index in [0.29, 0.717) is 35.2 Å². The average molecular weight is 413 g/mol. The van der Waals surface area contributed by atoms with E-state index >= 15 is 0 Å². The normalized spacial score (nSPS) is 11.8. The molecule has 5 N–H and O–H groups in total. The number of benzene rings is 2. The molecule has 0 saturated carbocycles. The van der Waals surface area contributed by atoms with Crippen LogP contribution in [0.5, 0.6) is 5.75 Å². The molecule has 29 heavy (non-hydrogen) atoms. The molecule has 0 atom stereocenters. The molecule has 0 unspecified atom stereocenters. The Balaban J connectivity index is 1.79. The van der Waals surface area contributed by atoms with E-state index in [1.165, 1.54) is 6.33 Å². The molecular formula is C20H20N3O5P. The molecule has 2 aromatic carbocycles. The fourth-order valence-electron chi connectivity index (χ4n) is 3.45. The van der Waals surface area contributed by atoms with Crippen LogP contribution in [-0.4, -0.2) is 26.9 Å². The Hall–Kier alpha value is -3.06. The zero-order valence-electron chi connectivity index (χ0n) is 15.6. The van der Waals surface area contributed by atoms with Crippen molar-refractivity contribution < 1.29 is 23.5 Å². The van der Waals surface area contributed by atoms with Crippen LogP contribution in [0.2, 0.25) is 0 Å². The molecular weight excluding hydrogens is 393 g/mol. The van der Waals surface area contributed by atoms with Crippen LogP contribution in [0.1, 0.15) is 11.1 Å². The molecule has 2 aromatic heterocycles. The summed E-state index contributed by atoms with van der Waals surface area (Å²) in [6.45, 7) is 0. The van der Waals surface area contributed by atoms with E-state index in [0.717, 1.165) is 11.1 Å². The summed E-state index contributed by atoms with van der Waals surface area (Å²) in [7, 11) is -3.09. The molecule has 0 amide bonds. The maximum atomic E-state index is 12.4. The SMILES string of the molecule is COc1cccc(CCc2c(N)oc(-c3cccc4[nH]cnc34)c2P(=O)(O)O)c1. The van der Waals surface area contributed by atoms with Crippen LogP contribution in [-0.2, 0) is 17.4 Å². The highest BCUT2D eigenvalue weighted by molar-refractivity contribution is 7.60. The number of para-hydroxylation sites is 1. The van der Waals surface area contributed by atoms with E-state index in [1.807, 2.05) is 30.3 Å². The Kier molecular flexibility index (Phi) is 4.92. The van der Waals surface area contributed by atoms with E-state index in [-0.39, 0.29) is 16.9 Å². The number of anilines is 1. The number of methoxy groups -OCH3 is 1. The van der Waals surface area contributed by atoms with Gasteiger partial charge in [-0.3, -0.25) is 4.57 Å². The van der Waals surface area contributed by atoms with Crippen molar-refractivity contribution in [2.75, 3.05) is 12.8 Å². The average Bonchev–Trinajstić information content (AvgIpc) is 3.30. The lowest BCUT2D eigenvalue weighted by atomic mass is 10.0. The first kappa shape index (κ1) is 19.3. The molecule has 2 heterocycles. The maximum Gasteiger partial charge on any atom is 0.360 e. The van der Waals surface area contributed by atoms with Crippen LogP contribution >= 0.6 is 7.60 Å². The summed E-state index contributed by atoms with van der Waals surface area (Å²) in [5.74, 6) is 0.756. The number of aromatic nitrogens is 2. The number of nitrogens with one attached hydrogen (secondary N) is 1. The monoisotopic (exact) mass is 413 g/mol. The number of rotatable bonds is 6. The van der Waals surface area contributed by atoms with Gasteiger partial charge in [0.25, 0.3) is 0 Å². The molecule has 0 aliphatic rings. The van der Waals surface area contributed by atoms with Crippen molar-refractivity contribution in [3.63, 3.8) is 0 Å². The van der Waals surface area contributed by atoms with Gasteiger partial charge in [0.2, 0.25) is 0 Å². The number of aromatic amines is 1. The van der Waals surface area contributed by atoms with E-state index in [2.05, 4.69) is 9.97 Å². The number of hydrogen-bond donors (Lipinski definition) is 4. The lowest BCUT2D eigenvalue weighted by Gasteiger charge is -2.09. The van der Waals surface area contributed by atoms with Crippen LogP contribution in [0.15, 0.2) is 53.2 Å². The molecule has 4 aromatic rings. The third kappa shape index (κ3) is 3.65. The summed E-state index contributed by atoms with van der Waals surface area (Å²) in [6, 6.07) is 12.8. The molecule has 0 saturated heterocycles. The fraction of sp³-hybridized carbons (Fsp3) is 0.150. The quantitative estimate of drug-likeness (QED) is 0.357. The summed E-state index contributed by atoms with van der Waals surface area (Å²) in [5.41, 5.74) is 9.07. The standard InChI is InChI=1S/C20H20N3O5P/c1-27-13-5-2-4-12(10-13)8-9-15-19(29(24,25)26)18(28-20(15)21)14-6-3-7-16-17(14)23-11-22-16/h2-7,10-11H,8-9,21H2,1H3,(H,22,23)(H2,24,25,26). The highest BCUT2D eigenvalue weighted by Gasteiger charge is 2.33. The molecule has 4 rings (SSSR count). The number of aryl methyl sites for hydroxylation is 1. The summed E-state index contributed by atoms with van der Waals surface area (Å²) >= 11 is 0. The molecule has 0 bridgehead atoms. The first-order valence-corrected chi connectivity index (χ1v) is 10.5. The first-order chi connectivity index (χ1) is 13.9. The molecule has 0 spiro atoms. The number of furan rings is 1. The van der Waals surface area contributed by atoms with E-state index in [4.69, 9.17) is 14.9 Å². The minimum atomic E-state index is -4.67. The zero-order valence-corrected chi connectivity index (χ0v) is 16.5. The molecule has 8 nitrogen and oxygen atoms in total. The Morgan fingerprint density at radius 1 is 1.21 bits per heavy atom. The minimum absolute atomic E-state index is 0.00578. The van der Waals surface area contributed by atoms with Crippen molar-refractivity contribution in [2.24, 2.45) is 0 Å². The van der Waals surface area contributed by atoms with Gasteiger partial charge in [0, 0.05) is 11.1 Å². The fourth-order valence-corrected chi connectivity index (χ4v) is 4.46. The Labute approximate surface area is 166 Å². The van der Waals surface area contributed by atoms with E-state index in [1.54, 1.807) is 19.2 Å². The van der Waals surface area contributed by atoms with Gasteiger partial charge in [0.05, 0.1) is 24.5 Å². The number of H-pyrrole nitrogens is 1. The number of nitrogens with zero attached hydrogens (tertiary/aromatic N) is 1. The second kappa shape index (κ2) is 7.40. The van der Waals surface area contributed by atoms with E-state index in [9.17, 15) is 14.4 Å². The first-order valence-electron chi connectivity index (χ1n) is 8.91. The van der Waals surface area contributed by atoms with Gasteiger partial charge in [0.1, 0.15) is 11.1 Å². The Morgan fingerprint density at radius 2 is 2.00 bits per heavy atom. The van der Waals surface area contributed by atoms with Crippen LogP contribution in [0.25, 0.3) is 22.4 Å². The molecule has 9 heteroatoms. The summed E-state index contributed by atoms with van der Waals surface area (Å²) in [6.07, 6.45) is 2.33. The van der Waals surface area contributed by atoms with Crippen molar-refractivity contribution >= 4 is 29.8 Å². The molecule has 0 fully saturated rings. The maximum absolute atomic E-state index is 12.4. The van der Waals surface area contributed by atoms with Crippen LogP contribution < -0.4 is 15.8 Å². The minimum Gasteiger partial charge on any atom is -0.497 e. The van der Waals surface area contributed by atoms with Crippen molar-refractivity contribution in [2.45, 2.75) is 12.8 Å². The summed E-state index contributed by atoms with van der Waals surface area (Å²) in [4.78, 5) is 27.4. The van der Waals surface area contributed by atoms with E-state index < -0.39 is 7.60 Å². The predicted molar refractivity (Wildman–Crippen MR) is 110 cm³/mol. The number of fused-ring (bicyclic) bond motifs is 1. The zero-order chi connectivity index (χ0) is 20.6. The van der Waals surface area contributed by atoms with Crippen molar-refractivity contribution in [1.29, 1.82) is 0 Å². The van der Waals surface area contributed by atoms with Crippen molar-refractivity contribution in [3.8, 4) is 17.1 Å². The van der Waals surface area contributed by atoms with Gasteiger partial charge in [0.15, 0.2) is 11.6 Å². The van der Waals surface area contributed by atoms with Gasteiger partial charge < -0.3 is 29.7 Å². The van der Waals surface area contributed by atoms with Crippen molar-refractivity contribution in [1.82, 2.24) is 9.97 Å². The highest BCUT2D eigenvalue weighted by atomic mass is 31.2. The second-order valence-corrected chi connectivity index (χ2v) is 8.16. The molecule has 0 aliphatic heterocycles.